The summed E-state index contributed by atoms with van der Waals surface area (Å²) in [6.07, 6.45) is 10.8. The summed E-state index contributed by atoms with van der Waals surface area (Å²) in [5, 5.41) is 0. The number of carbonyl (C=O) groups excluding carboxylic acids is 3. The maximum atomic E-state index is 14.3. The summed E-state index contributed by atoms with van der Waals surface area (Å²) >= 11 is 0. The van der Waals surface area contributed by atoms with Crippen molar-refractivity contribution < 1.29 is 23.9 Å². The van der Waals surface area contributed by atoms with Gasteiger partial charge in [-0.05, 0) is 60.9 Å². The van der Waals surface area contributed by atoms with E-state index in [1.54, 1.807) is 7.11 Å². The van der Waals surface area contributed by atoms with Crippen LogP contribution in [0.25, 0.3) is 0 Å². The van der Waals surface area contributed by atoms with E-state index in [9.17, 15) is 14.4 Å². The Morgan fingerprint density at radius 3 is 2.24 bits per heavy atom. The third kappa shape index (κ3) is 9.54. The number of rotatable bonds is 14. The molecule has 0 spiro atoms. The molecule has 1 saturated heterocycles. The number of benzene rings is 3. The molecule has 6 heteroatoms. The minimum Gasteiger partial charge on any atom is -0.497 e. The van der Waals surface area contributed by atoms with E-state index in [0.29, 0.717) is 52.0 Å². The Kier molecular flexibility index (Phi) is 12.6. The summed E-state index contributed by atoms with van der Waals surface area (Å²) in [6.45, 7) is 8.02. The van der Waals surface area contributed by atoms with Crippen molar-refractivity contribution in [1.29, 1.82) is 0 Å². The SMILES string of the molecule is COc1ccc(C(C(=O)N2CCC(C(=O)c3ccc(C)cc3)CC2)C2=CC=C(C(C)CC(=O)[C@H](C)COCc3ccccc3)CC=C2)cc1. The van der Waals surface area contributed by atoms with E-state index < -0.39 is 5.92 Å². The van der Waals surface area contributed by atoms with Crippen molar-refractivity contribution in [2.24, 2.45) is 17.8 Å². The maximum absolute atomic E-state index is 14.3. The van der Waals surface area contributed by atoms with Gasteiger partial charge in [0.15, 0.2) is 5.78 Å². The van der Waals surface area contributed by atoms with Gasteiger partial charge in [-0.1, -0.05) is 116 Å². The minimum absolute atomic E-state index is 0.0340. The molecule has 6 nitrogen and oxygen atoms in total. The highest BCUT2D eigenvalue weighted by molar-refractivity contribution is 5.98. The second-order valence-corrected chi connectivity index (χ2v) is 13.5. The van der Waals surface area contributed by atoms with Gasteiger partial charge in [-0.15, -0.1) is 0 Å². The van der Waals surface area contributed by atoms with Crippen LogP contribution in [-0.2, 0) is 20.9 Å². The number of piperidine rings is 1. The fourth-order valence-electron chi connectivity index (χ4n) is 6.64. The van der Waals surface area contributed by atoms with Crippen LogP contribution in [0.5, 0.6) is 5.75 Å². The van der Waals surface area contributed by atoms with E-state index in [1.807, 2.05) is 104 Å². The number of carbonyl (C=O) groups is 3. The summed E-state index contributed by atoms with van der Waals surface area (Å²) in [6, 6.07) is 25.4. The lowest BCUT2D eigenvalue weighted by Crippen LogP contribution is -2.42. The normalized spacial score (nSPS) is 16.9. The number of aryl methyl sites for hydroxylation is 1. The molecule has 1 amide bonds. The first-order valence-electron chi connectivity index (χ1n) is 17.5. The Balaban J connectivity index is 1.25. The Labute approximate surface area is 291 Å². The summed E-state index contributed by atoms with van der Waals surface area (Å²) in [5.74, 6) is 0.402. The molecule has 1 fully saturated rings. The van der Waals surface area contributed by atoms with E-state index in [-0.39, 0.29) is 35.2 Å². The van der Waals surface area contributed by atoms with Crippen molar-refractivity contribution >= 4 is 17.5 Å². The maximum Gasteiger partial charge on any atom is 0.234 e. The Morgan fingerprint density at radius 1 is 0.878 bits per heavy atom. The molecule has 1 aliphatic heterocycles. The number of allylic oxidation sites excluding steroid dienone is 5. The molecule has 0 aromatic heterocycles. The van der Waals surface area contributed by atoms with Crippen molar-refractivity contribution in [1.82, 2.24) is 4.90 Å². The van der Waals surface area contributed by atoms with Crippen LogP contribution in [0, 0.1) is 24.7 Å². The van der Waals surface area contributed by atoms with Crippen molar-refractivity contribution in [2.45, 2.75) is 59.0 Å². The van der Waals surface area contributed by atoms with Crippen molar-refractivity contribution in [2.75, 3.05) is 26.8 Å². The number of amides is 1. The molecular formula is C43H49NO5. The van der Waals surface area contributed by atoms with Crippen molar-refractivity contribution in [3.05, 3.63) is 137 Å². The van der Waals surface area contributed by atoms with Crippen LogP contribution in [0.3, 0.4) is 0 Å². The first-order valence-corrected chi connectivity index (χ1v) is 17.5. The molecule has 3 aromatic rings. The predicted octanol–water partition coefficient (Wildman–Crippen LogP) is 8.47. The molecule has 0 radical (unpaired) electrons. The van der Waals surface area contributed by atoms with Crippen LogP contribution in [0.1, 0.15) is 72.5 Å². The van der Waals surface area contributed by atoms with E-state index in [2.05, 4.69) is 25.2 Å². The van der Waals surface area contributed by atoms with E-state index in [4.69, 9.17) is 9.47 Å². The number of ketones is 2. The molecular weight excluding hydrogens is 610 g/mol. The van der Waals surface area contributed by atoms with E-state index in [1.165, 1.54) is 0 Å². The lowest BCUT2D eigenvalue weighted by atomic mass is 9.85. The molecule has 1 aliphatic carbocycles. The Hall–Kier alpha value is -4.55. The van der Waals surface area contributed by atoms with Gasteiger partial charge in [-0.3, -0.25) is 14.4 Å². The lowest BCUT2D eigenvalue weighted by Gasteiger charge is -2.34. The zero-order valence-corrected chi connectivity index (χ0v) is 29.3. The zero-order valence-electron chi connectivity index (χ0n) is 29.3. The van der Waals surface area contributed by atoms with E-state index in [0.717, 1.165) is 39.1 Å². The van der Waals surface area contributed by atoms with Crippen molar-refractivity contribution in [3.8, 4) is 5.75 Å². The van der Waals surface area contributed by atoms with Crippen LogP contribution in [-0.4, -0.2) is 49.2 Å². The third-order valence-corrected chi connectivity index (χ3v) is 9.87. The van der Waals surface area contributed by atoms with Crippen LogP contribution in [0.15, 0.2) is 114 Å². The average molecular weight is 660 g/mol. The minimum atomic E-state index is -0.499. The molecule has 0 bridgehead atoms. The molecule has 2 aliphatic rings. The molecule has 0 N–H and O–H groups in total. The predicted molar refractivity (Wildman–Crippen MR) is 195 cm³/mol. The zero-order chi connectivity index (χ0) is 34.8. The van der Waals surface area contributed by atoms with Crippen LogP contribution in [0.4, 0.5) is 0 Å². The molecule has 256 valence electrons. The number of hydrogen-bond acceptors (Lipinski definition) is 5. The Bertz CT molecular complexity index is 1660. The highest BCUT2D eigenvalue weighted by Crippen LogP contribution is 2.34. The van der Waals surface area contributed by atoms with Gasteiger partial charge in [0.05, 0.1) is 26.2 Å². The van der Waals surface area contributed by atoms with Crippen molar-refractivity contribution in [3.63, 3.8) is 0 Å². The number of Topliss-reactive ketones (excluding diaryl/α,β-unsaturated/α-hetero) is 2. The standard InChI is InChI=1S/C43H49NO5/c1-30-13-15-37(16-14-30)42(46)38-23-25-44(26-24-38)43(47)41(36-19-21-39(48-4)22-20-36)35-12-8-11-34(17-18-35)31(2)27-40(45)32(3)28-49-29-33-9-6-5-7-10-33/h5-10,12-22,31-32,38,41H,11,23-29H2,1-4H3/t31?,32-,41?/m1/s1. The fraction of sp³-hybridized carbons (Fsp3) is 0.372. The molecule has 49 heavy (non-hydrogen) atoms. The number of hydrogen-bond donors (Lipinski definition) is 0. The van der Waals surface area contributed by atoms with Gasteiger partial charge < -0.3 is 14.4 Å². The van der Waals surface area contributed by atoms with Gasteiger partial charge in [0.2, 0.25) is 5.91 Å². The second kappa shape index (κ2) is 17.2. The molecule has 3 atom stereocenters. The highest BCUT2D eigenvalue weighted by Gasteiger charge is 2.33. The first-order chi connectivity index (χ1) is 23.7. The van der Waals surface area contributed by atoms with Gasteiger partial charge in [0.1, 0.15) is 11.5 Å². The number of likely N-dealkylation sites (tertiary alicyclic amines) is 1. The summed E-state index contributed by atoms with van der Waals surface area (Å²) in [7, 11) is 1.63. The summed E-state index contributed by atoms with van der Waals surface area (Å²) < 4.78 is 11.2. The highest BCUT2D eigenvalue weighted by atomic mass is 16.5. The fourth-order valence-corrected chi connectivity index (χ4v) is 6.64. The number of ether oxygens (including phenoxy) is 2. The van der Waals surface area contributed by atoms with Crippen LogP contribution >= 0.6 is 0 Å². The van der Waals surface area contributed by atoms with Crippen LogP contribution < -0.4 is 4.74 Å². The van der Waals surface area contributed by atoms with Gasteiger partial charge in [-0.25, -0.2) is 0 Å². The van der Waals surface area contributed by atoms with Gasteiger partial charge in [0.25, 0.3) is 0 Å². The monoisotopic (exact) mass is 659 g/mol. The quantitative estimate of drug-likeness (QED) is 0.162. The van der Waals surface area contributed by atoms with Crippen LogP contribution in [0.2, 0.25) is 0 Å². The number of nitrogens with zero attached hydrogens (tertiary/aromatic N) is 1. The largest absolute Gasteiger partial charge is 0.497 e. The third-order valence-electron chi connectivity index (χ3n) is 9.87. The lowest BCUT2D eigenvalue weighted by molar-refractivity contribution is -0.133. The molecule has 0 saturated carbocycles. The topological polar surface area (TPSA) is 72.9 Å². The summed E-state index contributed by atoms with van der Waals surface area (Å²) in [5.41, 5.74) is 5.92. The second-order valence-electron chi connectivity index (χ2n) is 13.5. The van der Waals surface area contributed by atoms with E-state index >= 15 is 0 Å². The van der Waals surface area contributed by atoms with Gasteiger partial charge in [0, 0.05) is 36.9 Å². The smallest absolute Gasteiger partial charge is 0.234 e. The molecule has 5 rings (SSSR count). The van der Waals surface area contributed by atoms with Gasteiger partial charge >= 0.3 is 0 Å². The number of methoxy groups -OCH3 is 1. The average Bonchev–Trinajstić information content (AvgIpc) is 3.39. The van der Waals surface area contributed by atoms with Gasteiger partial charge in [-0.2, -0.15) is 0 Å². The molecule has 2 unspecified atom stereocenters. The summed E-state index contributed by atoms with van der Waals surface area (Å²) in [4.78, 5) is 42.6. The molecule has 3 aromatic carbocycles. The first kappa shape index (κ1) is 35.7. The Morgan fingerprint density at radius 2 is 1.57 bits per heavy atom. The molecule has 1 heterocycles.